The van der Waals surface area contributed by atoms with E-state index in [-0.39, 0.29) is 11.5 Å². The summed E-state index contributed by atoms with van der Waals surface area (Å²) in [7, 11) is -1.02. The van der Waals surface area contributed by atoms with Crippen LogP contribution in [-0.2, 0) is 10.8 Å². The topological polar surface area (TPSA) is 34.1 Å². The van der Waals surface area contributed by atoms with Crippen LogP contribution in [-0.4, -0.2) is 21.5 Å². The van der Waals surface area contributed by atoms with Crippen LogP contribution < -0.4 is 0 Å². The Kier molecular flexibility index (Phi) is 5.19. The van der Waals surface area contributed by atoms with Gasteiger partial charge in [0.1, 0.15) is 0 Å². The summed E-state index contributed by atoms with van der Waals surface area (Å²) < 4.78 is 12.3. The fraction of sp³-hybridized carbons (Fsp3) is 0.364. The maximum Gasteiger partial charge on any atom is 0.175 e. The number of carbonyl (C=O) groups excluding carboxylic acids is 1. The Bertz CT molecular complexity index is 377. The fourth-order valence-electron chi connectivity index (χ4n) is 1.19. The number of halogens is 1. The van der Waals surface area contributed by atoms with Crippen LogP contribution in [0, 0.1) is 0 Å². The Morgan fingerprint density at radius 3 is 2.80 bits per heavy atom. The van der Waals surface area contributed by atoms with Crippen LogP contribution in [0.25, 0.3) is 0 Å². The van der Waals surface area contributed by atoms with Gasteiger partial charge in [-0.05, 0) is 18.6 Å². The molecule has 1 aromatic rings. The molecule has 15 heavy (non-hydrogen) atoms. The SMILES string of the molecule is CCCS(=O)CC(=O)c1cccc(Br)c1. The number of hydrogen-bond acceptors (Lipinski definition) is 2. The average Bonchev–Trinajstić information content (AvgIpc) is 2.18. The minimum atomic E-state index is -1.02. The molecule has 0 amide bonds. The molecule has 4 heteroatoms. The van der Waals surface area contributed by atoms with Gasteiger partial charge < -0.3 is 0 Å². The summed E-state index contributed by atoms with van der Waals surface area (Å²) in [6.45, 7) is 1.96. The second kappa shape index (κ2) is 6.18. The molecular weight excluding hydrogens is 276 g/mol. The van der Waals surface area contributed by atoms with Gasteiger partial charge in [-0.2, -0.15) is 0 Å². The second-order valence-corrected chi connectivity index (χ2v) is 5.71. The highest BCUT2D eigenvalue weighted by Crippen LogP contribution is 2.12. The quantitative estimate of drug-likeness (QED) is 0.781. The van der Waals surface area contributed by atoms with E-state index in [0.717, 1.165) is 10.9 Å². The zero-order valence-corrected chi connectivity index (χ0v) is 10.9. The van der Waals surface area contributed by atoms with E-state index in [1.54, 1.807) is 18.2 Å². The summed E-state index contributed by atoms with van der Waals surface area (Å²) in [5, 5.41) is 0. The van der Waals surface area contributed by atoms with Crippen molar-refractivity contribution in [1.29, 1.82) is 0 Å². The lowest BCUT2D eigenvalue weighted by Gasteiger charge is -2.01. The van der Waals surface area contributed by atoms with Gasteiger partial charge in [0.15, 0.2) is 5.78 Å². The van der Waals surface area contributed by atoms with E-state index in [2.05, 4.69) is 15.9 Å². The predicted octanol–water partition coefficient (Wildman–Crippen LogP) is 2.79. The van der Waals surface area contributed by atoms with Gasteiger partial charge in [-0.1, -0.05) is 35.0 Å². The van der Waals surface area contributed by atoms with E-state index in [0.29, 0.717) is 11.3 Å². The second-order valence-electron chi connectivity index (χ2n) is 3.22. The maximum atomic E-state index is 11.7. The van der Waals surface area contributed by atoms with Gasteiger partial charge in [-0.25, -0.2) is 0 Å². The molecule has 0 aliphatic heterocycles. The minimum absolute atomic E-state index is 0.0527. The monoisotopic (exact) mass is 288 g/mol. The molecule has 0 heterocycles. The Balaban J connectivity index is 2.65. The first kappa shape index (κ1) is 12.6. The third kappa shape index (κ3) is 4.26. The third-order valence-electron chi connectivity index (χ3n) is 1.87. The molecule has 1 unspecified atom stereocenters. The standard InChI is InChI=1S/C11H13BrO2S/c1-2-6-15(14)8-11(13)9-4-3-5-10(12)7-9/h3-5,7H,2,6,8H2,1H3. The highest BCUT2D eigenvalue weighted by Gasteiger charge is 2.09. The molecule has 1 atom stereocenters. The lowest BCUT2D eigenvalue weighted by molar-refractivity contribution is 0.102. The van der Waals surface area contributed by atoms with Crippen molar-refractivity contribution in [1.82, 2.24) is 0 Å². The van der Waals surface area contributed by atoms with E-state index in [1.807, 2.05) is 13.0 Å². The molecule has 82 valence electrons. The van der Waals surface area contributed by atoms with Crippen molar-refractivity contribution in [2.24, 2.45) is 0 Å². The van der Waals surface area contributed by atoms with E-state index in [1.165, 1.54) is 0 Å². The number of ketones is 1. The molecule has 0 N–H and O–H groups in total. The number of hydrogen-bond donors (Lipinski definition) is 0. The first-order chi connectivity index (χ1) is 7.13. The number of benzene rings is 1. The van der Waals surface area contributed by atoms with Crippen molar-refractivity contribution in [3.8, 4) is 0 Å². The van der Waals surface area contributed by atoms with E-state index in [9.17, 15) is 9.00 Å². The summed E-state index contributed by atoms with van der Waals surface area (Å²) in [6, 6.07) is 7.17. The van der Waals surface area contributed by atoms with Crippen LogP contribution >= 0.6 is 15.9 Å². The van der Waals surface area contributed by atoms with Gasteiger partial charge in [-0.15, -0.1) is 0 Å². The summed E-state index contributed by atoms with van der Waals surface area (Å²) in [5.74, 6) is 0.674. The van der Waals surface area contributed by atoms with Crippen molar-refractivity contribution in [3.63, 3.8) is 0 Å². The molecule has 0 fully saturated rings. The Hall–Kier alpha value is -0.480. The van der Waals surface area contributed by atoms with E-state index >= 15 is 0 Å². The molecule has 0 aliphatic rings. The summed E-state index contributed by atoms with van der Waals surface area (Å²) >= 11 is 3.30. The molecule has 0 saturated heterocycles. The van der Waals surface area contributed by atoms with Crippen LogP contribution in [0.5, 0.6) is 0 Å². The minimum Gasteiger partial charge on any atom is -0.293 e. The van der Waals surface area contributed by atoms with Crippen LogP contribution in [0.15, 0.2) is 28.7 Å². The molecule has 1 aromatic carbocycles. The van der Waals surface area contributed by atoms with Gasteiger partial charge in [0.2, 0.25) is 0 Å². The zero-order chi connectivity index (χ0) is 11.3. The first-order valence-electron chi connectivity index (χ1n) is 4.77. The Morgan fingerprint density at radius 1 is 1.47 bits per heavy atom. The maximum absolute atomic E-state index is 11.7. The van der Waals surface area contributed by atoms with E-state index < -0.39 is 10.8 Å². The zero-order valence-electron chi connectivity index (χ0n) is 8.53. The fourth-order valence-corrected chi connectivity index (χ4v) is 2.65. The van der Waals surface area contributed by atoms with Crippen molar-refractivity contribution < 1.29 is 9.00 Å². The van der Waals surface area contributed by atoms with Crippen molar-refractivity contribution in [2.75, 3.05) is 11.5 Å². The van der Waals surface area contributed by atoms with Gasteiger partial charge in [0.25, 0.3) is 0 Å². The van der Waals surface area contributed by atoms with Gasteiger partial charge in [0.05, 0.1) is 5.75 Å². The normalized spacial score (nSPS) is 12.4. The highest BCUT2D eigenvalue weighted by atomic mass is 79.9. The van der Waals surface area contributed by atoms with Crippen molar-refractivity contribution >= 4 is 32.5 Å². The van der Waals surface area contributed by atoms with Crippen molar-refractivity contribution in [3.05, 3.63) is 34.3 Å². The molecule has 1 rings (SSSR count). The molecule has 0 saturated carbocycles. The van der Waals surface area contributed by atoms with Gasteiger partial charge in [-0.3, -0.25) is 9.00 Å². The van der Waals surface area contributed by atoms with Crippen LogP contribution in [0.1, 0.15) is 23.7 Å². The van der Waals surface area contributed by atoms with Crippen molar-refractivity contribution in [2.45, 2.75) is 13.3 Å². The van der Waals surface area contributed by atoms with Crippen LogP contribution in [0.3, 0.4) is 0 Å². The smallest absolute Gasteiger partial charge is 0.175 e. The molecule has 0 aliphatic carbocycles. The van der Waals surface area contributed by atoms with Crippen LogP contribution in [0.4, 0.5) is 0 Å². The Labute approximate surface area is 101 Å². The molecule has 0 bridgehead atoms. The Morgan fingerprint density at radius 2 is 2.20 bits per heavy atom. The molecular formula is C11H13BrO2S. The van der Waals surface area contributed by atoms with E-state index in [4.69, 9.17) is 0 Å². The highest BCUT2D eigenvalue weighted by molar-refractivity contribution is 9.10. The lowest BCUT2D eigenvalue weighted by Crippen LogP contribution is -2.12. The number of carbonyl (C=O) groups is 1. The summed E-state index contributed by atoms with van der Waals surface area (Å²) in [4.78, 5) is 11.7. The van der Waals surface area contributed by atoms with Crippen LogP contribution in [0.2, 0.25) is 0 Å². The summed E-state index contributed by atoms with van der Waals surface area (Å²) in [5.41, 5.74) is 0.619. The predicted molar refractivity (Wildman–Crippen MR) is 66.6 cm³/mol. The molecule has 2 nitrogen and oxygen atoms in total. The number of Topliss-reactive ketones (excluding diaryl/α,β-unsaturated/α-hetero) is 1. The molecule has 0 aromatic heterocycles. The summed E-state index contributed by atoms with van der Waals surface area (Å²) in [6.07, 6.45) is 0.846. The van der Waals surface area contributed by atoms with Gasteiger partial charge >= 0.3 is 0 Å². The van der Waals surface area contributed by atoms with Gasteiger partial charge in [0, 0.05) is 26.6 Å². The number of rotatable bonds is 5. The first-order valence-corrected chi connectivity index (χ1v) is 7.05. The lowest BCUT2D eigenvalue weighted by atomic mass is 10.2. The third-order valence-corrected chi connectivity index (χ3v) is 3.81. The largest absolute Gasteiger partial charge is 0.293 e. The molecule has 0 radical (unpaired) electrons. The average molecular weight is 289 g/mol. The molecule has 0 spiro atoms.